The van der Waals surface area contributed by atoms with Gasteiger partial charge in [0.1, 0.15) is 0 Å². The Bertz CT molecular complexity index is 654. The van der Waals surface area contributed by atoms with Crippen LogP contribution in [0.15, 0.2) is 46.1 Å². The molecule has 2 heterocycles. The SMILES string of the molecule is O=c1cc(CSc2ccccc2)nc(NCC2CCCO2)[nH]1. The molecule has 1 saturated heterocycles. The van der Waals surface area contributed by atoms with Crippen LogP contribution in [0.1, 0.15) is 18.5 Å². The molecule has 0 aliphatic carbocycles. The van der Waals surface area contributed by atoms with Gasteiger partial charge >= 0.3 is 0 Å². The molecule has 1 unspecified atom stereocenters. The van der Waals surface area contributed by atoms with Gasteiger partial charge < -0.3 is 10.1 Å². The molecule has 2 aromatic rings. The number of anilines is 1. The number of aromatic amines is 1. The van der Waals surface area contributed by atoms with E-state index >= 15 is 0 Å². The fraction of sp³-hybridized carbons (Fsp3) is 0.375. The summed E-state index contributed by atoms with van der Waals surface area (Å²) in [5.41, 5.74) is 0.640. The zero-order chi connectivity index (χ0) is 15.2. The third kappa shape index (κ3) is 4.35. The van der Waals surface area contributed by atoms with Gasteiger partial charge in [-0.3, -0.25) is 9.78 Å². The lowest BCUT2D eigenvalue weighted by Crippen LogP contribution is -2.22. The van der Waals surface area contributed by atoms with E-state index in [4.69, 9.17) is 4.74 Å². The average molecular weight is 317 g/mol. The Balaban J connectivity index is 1.60. The van der Waals surface area contributed by atoms with Crippen LogP contribution in [0.25, 0.3) is 0 Å². The van der Waals surface area contributed by atoms with Gasteiger partial charge in [-0.15, -0.1) is 11.8 Å². The summed E-state index contributed by atoms with van der Waals surface area (Å²) in [5.74, 6) is 1.19. The van der Waals surface area contributed by atoms with Gasteiger partial charge in [-0.2, -0.15) is 0 Å². The number of aromatic nitrogens is 2. The number of H-pyrrole nitrogens is 1. The molecule has 2 N–H and O–H groups in total. The van der Waals surface area contributed by atoms with Crippen molar-refractivity contribution < 1.29 is 4.74 Å². The zero-order valence-corrected chi connectivity index (χ0v) is 13.1. The molecule has 1 fully saturated rings. The van der Waals surface area contributed by atoms with E-state index in [0.29, 0.717) is 18.2 Å². The Morgan fingerprint density at radius 2 is 2.23 bits per heavy atom. The number of hydrogen-bond donors (Lipinski definition) is 2. The van der Waals surface area contributed by atoms with Gasteiger partial charge in [-0.1, -0.05) is 18.2 Å². The molecule has 3 rings (SSSR count). The Morgan fingerprint density at radius 1 is 1.36 bits per heavy atom. The molecule has 1 aliphatic rings. The Morgan fingerprint density at radius 3 is 3.00 bits per heavy atom. The number of rotatable bonds is 6. The Kier molecular flexibility index (Phi) is 5.13. The molecule has 1 atom stereocenters. The van der Waals surface area contributed by atoms with Crippen LogP contribution in [0.3, 0.4) is 0 Å². The van der Waals surface area contributed by atoms with Gasteiger partial charge in [0.2, 0.25) is 5.95 Å². The second-order valence-electron chi connectivity index (χ2n) is 5.20. The lowest BCUT2D eigenvalue weighted by atomic mass is 10.2. The molecule has 0 radical (unpaired) electrons. The fourth-order valence-corrected chi connectivity index (χ4v) is 3.17. The van der Waals surface area contributed by atoms with Crippen molar-refractivity contribution in [1.82, 2.24) is 9.97 Å². The first-order chi connectivity index (χ1) is 10.8. The van der Waals surface area contributed by atoms with E-state index < -0.39 is 0 Å². The maximum Gasteiger partial charge on any atom is 0.252 e. The first-order valence-electron chi connectivity index (χ1n) is 7.43. The van der Waals surface area contributed by atoms with Gasteiger partial charge in [0, 0.05) is 29.9 Å². The highest BCUT2D eigenvalue weighted by Gasteiger charge is 2.15. The molecule has 1 aliphatic heterocycles. The van der Waals surface area contributed by atoms with Gasteiger partial charge in [0.25, 0.3) is 5.56 Å². The summed E-state index contributed by atoms with van der Waals surface area (Å²) in [6, 6.07) is 11.6. The number of ether oxygens (including phenoxy) is 1. The quantitative estimate of drug-likeness (QED) is 0.802. The molecular weight excluding hydrogens is 298 g/mol. The zero-order valence-electron chi connectivity index (χ0n) is 12.2. The number of nitrogens with one attached hydrogen (secondary N) is 2. The van der Waals surface area contributed by atoms with E-state index in [1.807, 2.05) is 18.2 Å². The number of thioether (sulfide) groups is 1. The first-order valence-corrected chi connectivity index (χ1v) is 8.42. The van der Waals surface area contributed by atoms with Crippen LogP contribution in [0.2, 0.25) is 0 Å². The summed E-state index contributed by atoms with van der Waals surface area (Å²) in [6.45, 7) is 1.50. The minimum absolute atomic E-state index is 0.131. The maximum atomic E-state index is 11.7. The smallest absolute Gasteiger partial charge is 0.252 e. The summed E-state index contributed by atoms with van der Waals surface area (Å²) in [7, 11) is 0. The van der Waals surface area contributed by atoms with Crippen LogP contribution in [0, 0.1) is 0 Å². The Labute approximate surface area is 133 Å². The molecule has 0 saturated carbocycles. The summed E-state index contributed by atoms with van der Waals surface area (Å²) < 4.78 is 5.55. The third-order valence-electron chi connectivity index (χ3n) is 3.45. The molecule has 0 bridgehead atoms. The molecule has 5 nitrogen and oxygen atoms in total. The fourth-order valence-electron chi connectivity index (χ4n) is 2.36. The minimum Gasteiger partial charge on any atom is -0.376 e. The van der Waals surface area contributed by atoms with E-state index in [9.17, 15) is 4.79 Å². The predicted molar refractivity (Wildman–Crippen MR) is 88.3 cm³/mol. The molecule has 0 amide bonds. The van der Waals surface area contributed by atoms with Crippen molar-refractivity contribution in [3.05, 3.63) is 52.4 Å². The standard InChI is InChI=1S/C16H19N3O2S/c20-15-9-12(11-22-14-6-2-1-3-7-14)18-16(19-15)17-10-13-5-4-8-21-13/h1-3,6-7,9,13H,4-5,8,10-11H2,(H2,17,18,19,20). The Hall–Kier alpha value is -1.79. The molecule has 1 aromatic heterocycles. The van der Waals surface area contributed by atoms with Gasteiger partial charge in [0.15, 0.2) is 0 Å². The van der Waals surface area contributed by atoms with Crippen molar-refractivity contribution in [2.24, 2.45) is 0 Å². The maximum absolute atomic E-state index is 11.7. The highest BCUT2D eigenvalue weighted by Crippen LogP contribution is 2.21. The molecule has 1 aromatic carbocycles. The normalized spacial score (nSPS) is 17.5. The summed E-state index contributed by atoms with van der Waals surface area (Å²) in [6.07, 6.45) is 2.37. The lowest BCUT2D eigenvalue weighted by Gasteiger charge is -2.11. The van der Waals surface area contributed by atoms with Crippen molar-refractivity contribution >= 4 is 17.7 Å². The van der Waals surface area contributed by atoms with Crippen LogP contribution in [0.4, 0.5) is 5.95 Å². The number of benzene rings is 1. The highest BCUT2D eigenvalue weighted by molar-refractivity contribution is 7.98. The van der Waals surface area contributed by atoms with Crippen LogP contribution in [-0.2, 0) is 10.5 Å². The molecule has 22 heavy (non-hydrogen) atoms. The predicted octanol–water partition coefficient (Wildman–Crippen LogP) is 2.65. The molecule has 0 spiro atoms. The van der Waals surface area contributed by atoms with Gasteiger partial charge in [-0.05, 0) is 25.0 Å². The van der Waals surface area contributed by atoms with Crippen molar-refractivity contribution in [2.75, 3.05) is 18.5 Å². The topological polar surface area (TPSA) is 67.0 Å². The second kappa shape index (κ2) is 7.47. The summed E-state index contributed by atoms with van der Waals surface area (Å²) in [4.78, 5) is 20.1. The summed E-state index contributed by atoms with van der Waals surface area (Å²) >= 11 is 1.67. The van der Waals surface area contributed by atoms with Crippen molar-refractivity contribution in [3.8, 4) is 0 Å². The minimum atomic E-state index is -0.131. The van der Waals surface area contributed by atoms with E-state index in [1.54, 1.807) is 17.8 Å². The van der Waals surface area contributed by atoms with Crippen LogP contribution >= 0.6 is 11.8 Å². The lowest BCUT2D eigenvalue weighted by molar-refractivity contribution is 0.120. The molecule has 6 heteroatoms. The third-order valence-corrected chi connectivity index (χ3v) is 4.49. The number of hydrogen-bond acceptors (Lipinski definition) is 5. The monoisotopic (exact) mass is 317 g/mol. The van der Waals surface area contributed by atoms with Crippen molar-refractivity contribution in [3.63, 3.8) is 0 Å². The van der Waals surface area contributed by atoms with E-state index in [1.165, 1.54) is 4.90 Å². The summed E-state index contributed by atoms with van der Waals surface area (Å²) in [5, 5.41) is 3.17. The van der Waals surface area contributed by atoms with Crippen molar-refractivity contribution in [1.29, 1.82) is 0 Å². The van der Waals surface area contributed by atoms with E-state index in [2.05, 4.69) is 27.4 Å². The van der Waals surface area contributed by atoms with Crippen molar-refractivity contribution in [2.45, 2.75) is 29.6 Å². The molecular formula is C16H19N3O2S. The van der Waals surface area contributed by atoms with Gasteiger partial charge in [0.05, 0.1) is 11.8 Å². The largest absolute Gasteiger partial charge is 0.376 e. The van der Waals surface area contributed by atoms with E-state index in [-0.39, 0.29) is 11.7 Å². The first kappa shape index (κ1) is 15.1. The van der Waals surface area contributed by atoms with E-state index in [0.717, 1.165) is 25.1 Å². The van der Waals surface area contributed by atoms with Crippen LogP contribution in [0.5, 0.6) is 0 Å². The van der Waals surface area contributed by atoms with Crippen LogP contribution < -0.4 is 10.9 Å². The highest BCUT2D eigenvalue weighted by atomic mass is 32.2. The molecule has 116 valence electrons. The van der Waals surface area contributed by atoms with Crippen LogP contribution in [-0.4, -0.2) is 29.2 Å². The van der Waals surface area contributed by atoms with Gasteiger partial charge in [-0.25, -0.2) is 4.98 Å². The average Bonchev–Trinajstić information content (AvgIpc) is 3.05. The second-order valence-corrected chi connectivity index (χ2v) is 6.25. The number of nitrogens with zero attached hydrogens (tertiary/aromatic N) is 1.